The SMILES string of the molecule is CC(C)c1cccc(C(C)C)c1C(=O)NC1CCCN1c1cnccc1N1CCOCC1. The first-order chi connectivity index (χ1) is 15.5. The average Bonchev–Trinajstić information content (AvgIpc) is 3.26. The molecule has 2 aromatic rings. The van der Waals surface area contributed by atoms with Gasteiger partial charge in [-0.05, 0) is 41.9 Å². The molecule has 2 aliphatic rings. The van der Waals surface area contributed by atoms with Crippen molar-refractivity contribution in [3.8, 4) is 0 Å². The first kappa shape index (κ1) is 22.6. The van der Waals surface area contributed by atoms with Crippen molar-refractivity contribution in [1.29, 1.82) is 0 Å². The second kappa shape index (κ2) is 9.90. The summed E-state index contributed by atoms with van der Waals surface area (Å²) in [6.45, 7) is 12.8. The minimum absolute atomic E-state index is 0.0340. The molecule has 1 aromatic carbocycles. The maximum absolute atomic E-state index is 13.6. The van der Waals surface area contributed by atoms with Crippen LogP contribution in [0.4, 0.5) is 11.4 Å². The number of nitrogens with zero attached hydrogens (tertiary/aromatic N) is 3. The first-order valence-corrected chi connectivity index (χ1v) is 11.9. The van der Waals surface area contributed by atoms with Crippen molar-refractivity contribution >= 4 is 17.3 Å². The lowest BCUT2D eigenvalue weighted by atomic mass is 9.88. The number of carbonyl (C=O) groups is 1. The second-order valence-electron chi connectivity index (χ2n) is 9.41. The zero-order chi connectivity index (χ0) is 22.7. The summed E-state index contributed by atoms with van der Waals surface area (Å²) in [5.74, 6) is 0.618. The third-order valence-electron chi connectivity index (χ3n) is 6.59. The summed E-state index contributed by atoms with van der Waals surface area (Å²) in [6.07, 6.45) is 5.74. The number of hydrogen-bond donors (Lipinski definition) is 1. The highest BCUT2D eigenvalue weighted by molar-refractivity contribution is 5.98. The van der Waals surface area contributed by atoms with Crippen molar-refractivity contribution in [2.45, 2.75) is 58.5 Å². The molecule has 1 aromatic heterocycles. The summed E-state index contributed by atoms with van der Waals surface area (Å²) in [5.41, 5.74) is 5.36. The Balaban J connectivity index is 1.61. The van der Waals surface area contributed by atoms with Crippen molar-refractivity contribution in [3.63, 3.8) is 0 Å². The van der Waals surface area contributed by atoms with Crippen LogP contribution in [0.1, 0.15) is 73.9 Å². The predicted molar refractivity (Wildman–Crippen MR) is 130 cm³/mol. The van der Waals surface area contributed by atoms with E-state index in [9.17, 15) is 4.79 Å². The summed E-state index contributed by atoms with van der Waals surface area (Å²) in [7, 11) is 0. The summed E-state index contributed by atoms with van der Waals surface area (Å²) in [6, 6.07) is 8.35. The van der Waals surface area contributed by atoms with E-state index in [1.807, 2.05) is 12.4 Å². The smallest absolute Gasteiger partial charge is 0.253 e. The van der Waals surface area contributed by atoms with Gasteiger partial charge in [0.25, 0.3) is 5.91 Å². The molecule has 1 unspecified atom stereocenters. The van der Waals surface area contributed by atoms with Gasteiger partial charge in [-0.3, -0.25) is 9.78 Å². The topological polar surface area (TPSA) is 57.7 Å². The van der Waals surface area contributed by atoms with Crippen LogP contribution in [-0.2, 0) is 4.74 Å². The lowest BCUT2D eigenvalue weighted by molar-refractivity contribution is 0.0935. The van der Waals surface area contributed by atoms with Crippen LogP contribution in [0, 0.1) is 0 Å². The minimum Gasteiger partial charge on any atom is -0.378 e. The van der Waals surface area contributed by atoms with Gasteiger partial charge in [0.15, 0.2) is 0 Å². The largest absolute Gasteiger partial charge is 0.378 e. The van der Waals surface area contributed by atoms with Gasteiger partial charge in [0, 0.05) is 31.4 Å². The number of nitrogens with one attached hydrogen (secondary N) is 1. The molecule has 0 bridgehead atoms. The molecule has 2 fully saturated rings. The molecule has 172 valence electrons. The molecule has 6 nitrogen and oxygen atoms in total. The van der Waals surface area contributed by atoms with E-state index in [1.54, 1.807) is 0 Å². The molecule has 1 amide bonds. The fraction of sp³-hybridized carbons (Fsp3) is 0.538. The Bertz CT molecular complexity index is 911. The highest BCUT2D eigenvalue weighted by Crippen LogP contribution is 2.34. The Morgan fingerprint density at radius 1 is 1.03 bits per heavy atom. The van der Waals surface area contributed by atoms with Crippen LogP contribution >= 0.6 is 0 Å². The van der Waals surface area contributed by atoms with Crippen molar-refractivity contribution in [2.24, 2.45) is 0 Å². The van der Waals surface area contributed by atoms with Crippen LogP contribution in [0.2, 0.25) is 0 Å². The molecule has 0 saturated carbocycles. The predicted octanol–water partition coefficient (Wildman–Crippen LogP) is 4.52. The maximum atomic E-state index is 13.6. The van der Waals surface area contributed by atoms with Crippen molar-refractivity contribution in [1.82, 2.24) is 10.3 Å². The molecule has 2 saturated heterocycles. The van der Waals surface area contributed by atoms with E-state index in [2.05, 4.69) is 72.1 Å². The number of carbonyl (C=O) groups excluding carboxylic acids is 1. The quantitative estimate of drug-likeness (QED) is 0.721. The molecule has 1 atom stereocenters. The molecule has 0 radical (unpaired) electrons. The van der Waals surface area contributed by atoms with Gasteiger partial charge < -0.3 is 19.9 Å². The van der Waals surface area contributed by atoms with E-state index in [0.29, 0.717) is 11.8 Å². The maximum Gasteiger partial charge on any atom is 0.253 e. The van der Waals surface area contributed by atoms with Crippen LogP contribution < -0.4 is 15.1 Å². The van der Waals surface area contributed by atoms with Crippen molar-refractivity contribution in [3.05, 3.63) is 53.3 Å². The van der Waals surface area contributed by atoms with E-state index in [0.717, 1.165) is 68.1 Å². The monoisotopic (exact) mass is 436 g/mol. The summed E-state index contributed by atoms with van der Waals surface area (Å²) in [5, 5.41) is 3.38. The lowest BCUT2D eigenvalue weighted by Gasteiger charge is -2.35. The molecule has 0 spiro atoms. The number of aromatic nitrogens is 1. The number of amides is 1. The van der Waals surface area contributed by atoms with Crippen molar-refractivity contribution < 1.29 is 9.53 Å². The molecule has 6 heteroatoms. The number of morpholine rings is 1. The van der Waals surface area contributed by atoms with Gasteiger partial charge in [-0.1, -0.05) is 45.9 Å². The number of pyridine rings is 1. The number of anilines is 2. The molecule has 4 rings (SSSR count). The van der Waals surface area contributed by atoms with Crippen LogP contribution in [0.25, 0.3) is 0 Å². The highest BCUT2D eigenvalue weighted by Gasteiger charge is 2.31. The van der Waals surface area contributed by atoms with E-state index >= 15 is 0 Å². The third kappa shape index (κ3) is 4.60. The fourth-order valence-electron chi connectivity index (χ4n) is 4.91. The van der Waals surface area contributed by atoms with Crippen LogP contribution in [0.15, 0.2) is 36.7 Å². The molecule has 3 heterocycles. The molecule has 1 N–H and O–H groups in total. The van der Waals surface area contributed by atoms with Gasteiger partial charge in [-0.15, -0.1) is 0 Å². The van der Waals surface area contributed by atoms with Gasteiger partial charge in [-0.2, -0.15) is 0 Å². The lowest BCUT2D eigenvalue weighted by Crippen LogP contribution is -2.46. The Kier molecular flexibility index (Phi) is 6.99. The zero-order valence-electron chi connectivity index (χ0n) is 19.8. The van der Waals surface area contributed by atoms with E-state index in [1.165, 1.54) is 5.69 Å². The van der Waals surface area contributed by atoms with Crippen LogP contribution in [-0.4, -0.2) is 49.9 Å². The molecule has 2 aliphatic heterocycles. The first-order valence-electron chi connectivity index (χ1n) is 11.9. The second-order valence-corrected chi connectivity index (χ2v) is 9.41. The van der Waals surface area contributed by atoms with Crippen LogP contribution in [0.3, 0.4) is 0 Å². The summed E-state index contributed by atoms with van der Waals surface area (Å²) in [4.78, 5) is 22.7. The van der Waals surface area contributed by atoms with E-state index < -0.39 is 0 Å². The zero-order valence-corrected chi connectivity index (χ0v) is 19.8. The normalized spacial score (nSPS) is 19.1. The molecular weight excluding hydrogens is 400 g/mol. The van der Waals surface area contributed by atoms with E-state index in [4.69, 9.17) is 4.74 Å². The summed E-state index contributed by atoms with van der Waals surface area (Å²) >= 11 is 0. The van der Waals surface area contributed by atoms with Gasteiger partial charge in [0.2, 0.25) is 0 Å². The third-order valence-corrected chi connectivity index (χ3v) is 6.59. The van der Waals surface area contributed by atoms with Gasteiger partial charge in [0.05, 0.1) is 30.8 Å². The van der Waals surface area contributed by atoms with Crippen LogP contribution in [0.5, 0.6) is 0 Å². The Morgan fingerprint density at radius 3 is 2.38 bits per heavy atom. The summed E-state index contributed by atoms with van der Waals surface area (Å²) < 4.78 is 5.54. The van der Waals surface area contributed by atoms with Gasteiger partial charge in [-0.25, -0.2) is 0 Å². The Hall–Kier alpha value is -2.60. The molecule has 32 heavy (non-hydrogen) atoms. The Labute approximate surface area is 192 Å². The fourth-order valence-corrected chi connectivity index (χ4v) is 4.91. The standard InChI is InChI=1S/C26H36N4O2/c1-18(2)20-7-5-8-21(19(3)4)25(20)26(31)28-24-9-6-12-30(24)23-17-27-11-10-22(23)29-13-15-32-16-14-29/h5,7-8,10-11,17-19,24H,6,9,12-16H2,1-4H3,(H,28,31). The van der Waals surface area contributed by atoms with Crippen molar-refractivity contribution in [2.75, 3.05) is 42.6 Å². The van der Waals surface area contributed by atoms with Gasteiger partial charge in [0.1, 0.15) is 6.17 Å². The molecular formula is C26H36N4O2. The minimum atomic E-state index is -0.0354. The number of benzene rings is 1. The Morgan fingerprint density at radius 2 is 1.72 bits per heavy atom. The van der Waals surface area contributed by atoms with E-state index in [-0.39, 0.29) is 12.1 Å². The number of rotatable bonds is 6. The molecule has 0 aliphatic carbocycles. The number of hydrogen-bond acceptors (Lipinski definition) is 5. The van der Waals surface area contributed by atoms with Gasteiger partial charge >= 0.3 is 0 Å². The highest BCUT2D eigenvalue weighted by atomic mass is 16.5. The average molecular weight is 437 g/mol. The number of ether oxygens (including phenoxy) is 1.